The Morgan fingerprint density at radius 2 is 1.75 bits per heavy atom. The van der Waals surface area contributed by atoms with Crippen molar-refractivity contribution in [3.05, 3.63) is 59.7 Å². The summed E-state index contributed by atoms with van der Waals surface area (Å²) in [5.74, 6) is -0.129. The van der Waals surface area contributed by atoms with Crippen molar-refractivity contribution in [1.82, 2.24) is 4.90 Å². The van der Waals surface area contributed by atoms with Crippen molar-refractivity contribution in [2.75, 3.05) is 26.1 Å². The maximum atomic E-state index is 13.0. The average molecular weight is 384 g/mol. The molecule has 0 saturated carbocycles. The molecule has 28 heavy (non-hydrogen) atoms. The molecular weight excluding hydrogens is 360 g/mol. The third-order valence-electron chi connectivity index (χ3n) is 4.06. The van der Waals surface area contributed by atoms with Crippen LogP contribution in [0, 0.1) is 0 Å². The molecule has 7 nitrogen and oxygen atoms in total. The predicted octanol–water partition coefficient (Wildman–Crippen LogP) is 2.86. The Morgan fingerprint density at radius 1 is 1.04 bits per heavy atom. The molecule has 0 bridgehead atoms. The van der Waals surface area contributed by atoms with E-state index in [1.807, 2.05) is 24.3 Å². The molecule has 2 rings (SSSR count). The quantitative estimate of drug-likeness (QED) is 0.708. The molecule has 0 unspecified atom stereocenters. The van der Waals surface area contributed by atoms with Gasteiger partial charge in [0.15, 0.2) is 0 Å². The zero-order valence-electron chi connectivity index (χ0n) is 16.2. The Bertz CT molecular complexity index is 833. The van der Waals surface area contributed by atoms with Crippen LogP contribution in [0.1, 0.15) is 29.3 Å². The minimum Gasteiger partial charge on any atom is -0.497 e. The summed E-state index contributed by atoms with van der Waals surface area (Å²) in [6, 6.07) is 14.1. The molecule has 0 heterocycles. The molecule has 2 aromatic rings. The number of carbonyl (C=O) groups is 3. The van der Waals surface area contributed by atoms with Crippen LogP contribution in [0.2, 0.25) is 0 Å². The van der Waals surface area contributed by atoms with Crippen LogP contribution in [0.3, 0.4) is 0 Å². The molecule has 0 aromatic heterocycles. The highest BCUT2D eigenvalue weighted by molar-refractivity contribution is 5.97. The molecule has 0 aliphatic heterocycles. The molecule has 2 amide bonds. The monoisotopic (exact) mass is 384 g/mol. The molecule has 2 aromatic carbocycles. The third-order valence-corrected chi connectivity index (χ3v) is 4.06. The summed E-state index contributed by atoms with van der Waals surface area (Å²) < 4.78 is 9.84. The minimum absolute atomic E-state index is 0.0871. The topological polar surface area (TPSA) is 84.9 Å². The van der Waals surface area contributed by atoms with E-state index in [0.29, 0.717) is 17.8 Å². The van der Waals surface area contributed by atoms with E-state index in [-0.39, 0.29) is 30.7 Å². The summed E-state index contributed by atoms with van der Waals surface area (Å²) in [6.45, 7) is 1.94. The van der Waals surface area contributed by atoms with Gasteiger partial charge in [0.05, 0.1) is 20.6 Å². The van der Waals surface area contributed by atoms with Crippen molar-refractivity contribution in [1.29, 1.82) is 0 Å². The Labute approximate surface area is 164 Å². The zero-order valence-corrected chi connectivity index (χ0v) is 16.2. The number of hydrogen-bond donors (Lipinski definition) is 1. The van der Waals surface area contributed by atoms with Crippen LogP contribution in [-0.2, 0) is 20.9 Å². The Balaban J connectivity index is 2.22. The zero-order chi connectivity index (χ0) is 20.5. The number of nitrogens with one attached hydrogen (secondary N) is 1. The van der Waals surface area contributed by atoms with Gasteiger partial charge < -0.3 is 19.7 Å². The highest BCUT2D eigenvalue weighted by Gasteiger charge is 2.18. The number of esters is 1. The second-order valence-electron chi connectivity index (χ2n) is 6.16. The van der Waals surface area contributed by atoms with Crippen LogP contribution in [0.4, 0.5) is 5.69 Å². The van der Waals surface area contributed by atoms with Gasteiger partial charge in [0.1, 0.15) is 5.75 Å². The van der Waals surface area contributed by atoms with Crippen LogP contribution < -0.4 is 10.1 Å². The maximum absolute atomic E-state index is 13.0. The number of hydrogen-bond acceptors (Lipinski definition) is 5. The number of benzene rings is 2. The van der Waals surface area contributed by atoms with E-state index in [9.17, 15) is 14.4 Å². The van der Waals surface area contributed by atoms with Crippen LogP contribution in [0.15, 0.2) is 48.5 Å². The van der Waals surface area contributed by atoms with E-state index in [4.69, 9.17) is 4.74 Å². The molecule has 0 aliphatic carbocycles. The molecule has 0 saturated heterocycles. The lowest BCUT2D eigenvalue weighted by Gasteiger charge is -2.23. The fourth-order valence-corrected chi connectivity index (χ4v) is 2.65. The maximum Gasteiger partial charge on any atom is 0.307 e. The summed E-state index contributed by atoms with van der Waals surface area (Å²) >= 11 is 0. The molecule has 148 valence electrons. The van der Waals surface area contributed by atoms with Crippen molar-refractivity contribution in [2.45, 2.75) is 19.9 Å². The van der Waals surface area contributed by atoms with E-state index >= 15 is 0 Å². The van der Waals surface area contributed by atoms with Crippen molar-refractivity contribution in [3.63, 3.8) is 0 Å². The molecule has 0 fully saturated rings. The van der Waals surface area contributed by atoms with E-state index in [0.717, 1.165) is 11.3 Å². The van der Waals surface area contributed by atoms with Gasteiger partial charge in [-0.1, -0.05) is 18.2 Å². The van der Waals surface area contributed by atoms with Gasteiger partial charge in [0.2, 0.25) is 5.91 Å². The summed E-state index contributed by atoms with van der Waals surface area (Å²) in [5, 5.41) is 2.66. The number of rotatable bonds is 8. The molecule has 0 spiro atoms. The second-order valence-corrected chi connectivity index (χ2v) is 6.16. The van der Waals surface area contributed by atoms with Crippen molar-refractivity contribution < 1.29 is 23.9 Å². The van der Waals surface area contributed by atoms with Crippen molar-refractivity contribution in [2.24, 2.45) is 0 Å². The first-order chi connectivity index (χ1) is 13.4. The van der Waals surface area contributed by atoms with Crippen LogP contribution in [-0.4, -0.2) is 43.4 Å². The first-order valence-corrected chi connectivity index (χ1v) is 8.79. The van der Waals surface area contributed by atoms with E-state index in [2.05, 4.69) is 10.1 Å². The fourth-order valence-electron chi connectivity index (χ4n) is 2.65. The Morgan fingerprint density at radius 3 is 2.36 bits per heavy atom. The van der Waals surface area contributed by atoms with Gasteiger partial charge in [-0.2, -0.15) is 0 Å². The smallest absolute Gasteiger partial charge is 0.307 e. The first kappa shape index (κ1) is 21.0. The van der Waals surface area contributed by atoms with Gasteiger partial charge in [-0.15, -0.1) is 0 Å². The fraction of sp³-hybridized carbons (Fsp3) is 0.286. The number of carbonyl (C=O) groups excluding carboxylic acids is 3. The minimum atomic E-state index is -0.389. The lowest BCUT2D eigenvalue weighted by atomic mass is 10.1. The third kappa shape index (κ3) is 6.12. The number of amides is 2. The first-order valence-electron chi connectivity index (χ1n) is 8.79. The summed E-state index contributed by atoms with van der Waals surface area (Å²) in [4.78, 5) is 37.4. The van der Waals surface area contributed by atoms with Gasteiger partial charge in [0, 0.05) is 31.3 Å². The molecule has 0 aliphatic rings. The standard InChI is InChI=1S/C21H24N2O5/c1-15(24)22-18-6-4-5-17(13-18)21(26)23(12-11-20(25)28-3)14-16-7-9-19(27-2)10-8-16/h4-10,13H,11-12,14H2,1-3H3,(H,22,24). The molecule has 7 heteroatoms. The SMILES string of the molecule is COC(=O)CCN(Cc1ccc(OC)cc1)C(=O)c1cccc(NC(C)=O)c1. The van der Waals surface area contributed by atoms with E-state index < -0.39 is 0 Å². The highest BCUT2D eigenvalue weighted by atomic mass is 16.5. The number of ether oxygens (including phenoxy) is 2. The number of methoxy groups -OCH3 is 2. The normalized spacial score (nSPS) is 10.1. The molecule has 0 radical (unpaired) electrons. The van der Waals surface area contributed by atoms with Crippen molar-refractivity contribution >= 4 is 23.5 Å². The number of anilines is 1. The summed E-state index contributed by atoms with van der Waals surface area (Å²) in [5.41, 5.74) is 1.86. The molecule has 0 atom stereocenters. The Kier molecular flexibility index (Phi) is 7.56. The largest absolute Gasteiger partial charge is 0.497 e. The molecular formula is C21H24N2O5. The summed E-state index contributed by atoms with van der Waals surface area (Å²) in [7, 11) is 2.90. The van der Waals surface area contributed by atoms with Crippen LogP contribution in [0.25, 0.3) is 0 Å². The van der Waals surface area contributed by atoms with Crippen LogP contribution in [0.5, 0.6) is 5.75 Å². The van der Waals surface area contributed by atoms with Crippen molar-refractivity contribution in [3.8, 4) is 5.75 Å². The lowest BCUT2D eigenvalue weighted by molar-refractivity contribution is -0.140. The summed E-state index contributed by atoms with van der Waals surface area (Å²) in [6.07, 6.45) is 0.0871. The van der Waals surface area contributed by atoms with Gasteiger partial charge in [-0.3, -0.25) is 14.4 Å². The predicted molar refractivity (Wildman–Crippen MR) is 105 cm³/mol. The van der Waals surface area contributed by atoms with Crippen LogP contribution >= 0.6 is 0 Å². The van der Waals surface area contributed by atoms with Gasteiger partial charge in [-0.05, 0) is 35.9 Å². The van der Waals surface area contributed by atoms with Gasteiger partial charge >= 0.3 is 5.97 Å². The lowest BCUT2D eigenvalue weighted by Crippen LogP contribution is -2.32. The molecule has 1 N–H and O–H groups in total. The number of nitrogens with zero attached hydrogens (tertiary/aromatic N) is 1. The van der Waals surface area contributed by atoms with E-state index in [1.54, 1.807) is 36.3 Å². The van der Waals surface area contributed by atoms with Gasteiger partial charge in [0.25, 0.3) is 5.91 Å². The van der Waals surface area contributed by atoms with Gasteiger partial charge in [-0.25, -0.2) is 0 Å². The second kappa shape index (κ2) is 10.1. The Hall–Kier alpha value is -3.35. The van der Waals surface area contributed by atoms with E-state index in [1.165, 1.54) is 14.0 Å². The highest BCUT2D eigenvalue weighted by Crippen LogP contribution is 2.17. The average Bonchev–Trinajstić information content (AvgIpc) is 2.70.